The van der Waals surface area contributed by atoms with E-state index in [0.717, 1.165) is 11.3 Å². The van der Waals surface area contributed by atoms with Crippen LogP contribution in [-0.4, -0.2) is 23.1 Å². The SMILES string of the molecule is CON1C(C)=CC[C@H]([N+](=O)[O-])[C@H]1c1ccccc1. The Hall–Kier alpha value is -1.88. The average Bonchev–Trinajstić information content (AvgIpc) is 2.39. The topological polar surface area (TPSA) is 55.6 Å². The fourth-order valence-corrected chi connectivity index (χ4v) is 2.35. The van der Waals surface area contributed by atoms with Gasteiger partial charge < -0.3 is 0 Å². The maximum atomic E-state index is 11.2. The molecule has 18 heavy (non-hydrogen) atoms. The first kappa shape index (κ1) is 12.6. The Morgan fingerprint density at radius 2 is 2.06 bits per heavy atom. The van der Waals surface area contributed by atoms with E-state index in [-0.39, 0.29) is 11.0 Å². The molecule has 1 aromatic rings. The summed E-state index contributed by atoms with van der Waals surface area (Å²) in [6, 6.07) is 8.39. The molecule has 0 unspecified atom stereocenters. The van der Waals surface area contributed by atoms with Crippen LogP contribution in [0, 0.1) is 10.1 Å². The molecular formula is C13H16N2O3. The van der Waals surface area contributed by atoms with Crippen molar-refractivity contribution in [1.82, 2.24) is 5.06 Å². The van der Waals surface area contributed by atoms with E-state index in [2.05, 4.69) is 0 Å². The minimum atomic E-state index is -0.684. The average molecular weight is 248 g/mol. The molecule has 1 aliphatic heterocycles. The zero-order valence-electron chi connectivity index (χ0n) is 10.4. The first-order chi connectivity index (χ1) is 8.65. The Morgan fingerprint density at radius 3 is 2.61 bits per heavy atom. The lowest BCUT2D eigenvalue weighted by Crippen LogP contribution is -2.41. The molecule has 0 aromatic heterocycles. The lowest BCUT2D eigenvalue weighted by atomic mass is 9.93. The van der Waals surface area contributed by atoms with Crippen molar-refractivity contribution in [2.24, 2.45) is 0 Å². The second-order valence-electron chi connectivity index (χ2n) is 4.30. The highest BCUT2D eigenvalue weighted by Crippen LogP contribution is 2.34. The summed E-state index contributed by atoms with van der Waals surface area (Å²) >= 11 is 0. The van der Waals surface area contributed by atoms with Crippen LogP contribution in [0.1, 0.15) is 24.9 Å². The van der Waals surface area contributed by atoms with Gasteiger partial charge in [-0.3, -0.25) is 15.0 Å². The van der Waals surface area contributed by atoms with Crippen molar-refractivity contribution in [3.63, 3.8) is 0 Å². The number of hydrogen-bond acceptors (Lipinski definition) is 4. The summed E-state index contributed by atoms with van der Waals surface area (Å²) in [5.74, 6) is 0. The fraction of sp³-hybridized carbons (Fsp3) is 0.385. The summed E-state index contributed by atoms with van der Waals surface area (Å²) < 4.78 is 0. The number of hydroxylamine groups is 2. The van der Waals surface area contributed by atoms with Crippen LogP contribution >= 0.6 is 0 Å². The van der Waals surface area contributed by atoms with E-state index in [9.17, 15) is 10.1 Å². The van der Waals surface area contributed by atoms with Crippen LogP contribution in [-0.2, 0) is 4.84 Å². The largest absolute Gasteiger partial charge is 0.276 e. The second kappa shape index (κ2) is 5.18. The van der Waals surface area contributed by atoms with Crippen LogP contribution < -0.4 is 0 Å². The molecule has 0 saturated heterocycles. The van der Waals surface area contributed by atoms with Crippen molar-refractivity contribution >= 4 is 0 Å². The van der Waals surface area contributed by atoms with Crippen molar-refractivity contribution in [3.05, 3.63) is 57.8 Å². The van der Waals surface area contributed by atoms with Gasteiger partial charge in [0.1, 0.15) is 6.04 Å². The summed E-state index contributed by atoms with van der Waals surface area (Å²) in [5, 5.41) is 12.8. The Labute approximate surface area is 106 Å². The molecule has 1 heterocycles. The van der Waals surface area contributed by atoms with E-state index in [0.29, 0.717) is 6.42 Å². The normalized spacial score (nSPS) is 23.7. The van der Waals surface area contributed by atoms with Gasteiger partial charge in [0, 0.05) is 17.0 Å². The van der Waals surface area contributed by atoms with Gasteiger partial charge in [-0.25, -0.2) is 5.06 Å². The molecule has 0 fully saturated rings. The van der Waals surface area contributed by atoms with Crippen LogP contribution in [0.15, 0.2) is 42.1 Å². The van der Waals surface area contributed by atoms with Gasteiger partial charge in [0.15, 0.2) is 0 Å². The molecule has 2 rings (SSSR count). The zero-order valence-corrected chi connectivity index (χ0v) is 10.4. The van der Waals surface area contributed by atoms with Gasteiger partial charge in [-0.2, -0.15) is 0 Å². The molecule has 96 valence electrons. The van der Waals surface area contributed by atoms with Gasteiger partial charge in [-0.1, -0.05) is 36.4 Å². The number of nitrogens with zero attached hydrogens (tertiary/aromatic N) is 2. The predicted molar refractivity (Wildman–Crippen MR) is 67.2 cm³/mol. The van der Waals surface area contributed by atoms with Gasteiger partial charge >= 0.3 is 0 Å². The van der Waals surface area contributed by atoms with Gasteiger partial charge in [0.05, 0.1) is 7.11 Å². The number of hydrogen-bond donors (Lipinski definition) is 0. The molecule has 0 N–H and O–H groups in total. The molecule has 5 nitrogen and oxygen atoms in total. The Balaban J connectivity index is 2.43. The molecule has 0 radical (unpaired) electrons. The first-order valence-electron chi connectivity index (χ1n) is 5.83. The van der Waals surface area contributed by atoms with Crippen molar-refractivity contribution in [2.45, 2.75) is 25.4 Å². The van der Waals surface area contributed by atoms with E-state index in [1.165, 1.54) is 7.11 Å². The maximum Gasteiger partial charge on any atom is 0.243 e. The van der Waals surface area contributed by atoms with Crippen molar-refractivity contribution in [1.29, 1.82) is 0 Å². The smallest absolute Gasteiger partial charge is 0.243 e. The number of nitro groups is 1. The third-order valence-corrected chi connectivity index (χ3v) is 3.23. The van der Waals surface area contributed by atoms with Crippen molar-refractivity contribution < 1.29 is 9.76 Å². The van der Waals surface area contributed by atoms with Crippen LogP contribution in [0.4, 0.5) is 0 Å². The van der Waals surface area contributed by atoms with E-state index in [1.54, 1.807) is 5.06 Å². The minimum absolute atomic E-state index is 0.230. The standard InChI is InChI=1S/C13H16N2O3/c1-10-8-9-12(15(16)17)13(14(10)18-2)11-6-4-3-5-7-11/h3-8,12-13H,9H2,1-2H3/t12-,13+/m0/s1. The van der Waals surface area contributed by atoms with Crippen LogP contribution in [0.25, 0.3) is 0 Å². The number of rotatable bonds is 3. The molecule has 1 aromatic carbocycles. The number of benzene rings is 1. The summed E-state index contributed by atoms with van der Waals surface area (Å²) in [4.78, 5) is 16.3. The predicted octanol–water partition coefficient (Wildman–Crippen LogP) is 2.54. The Kier molecular flexibility index (Phi) is 3.62. The zero-order chi connectivity index (χ0) is 13.1. The van der Waals surface area contributed by atoms with E-state index in [1.807, 2.05) is 43.3 Å². The molecule has 0 aliphatic carbocycles. The Bertz CT molecular complexity index is 457. The maximum absolute atomic E-state index is 11.2. The van der Waals surface area contributed by atoms with Crippen LogP contribution in [0.2, 0.25) is 0 Å². The molecule has 0 saturated carbocycles. The van der Waals surface area contributed by atoms with Crippen molar-refractivity contribution in [3.8, 4) is 0 Å². The molecule has 0 amide bonds. The molecule has 5 heteroatoms. The van der Waals surface area contributed by atoms with Crippen molar-refractivity contribution in [2.75, 3.05) is 7.11 Å². The van der Waals surface area contributed by atoms with Gasteiger partial charge in [0.2, 0.25) is 6.04 Å². The quantitative estimate of drug-likeness (QED) is 0.609. The lowest BCUT2D eigenvalue weighted by molar-refractivity contribution is -0.536. The molecular weight excluding hydrogens is 232 g/mol. The second-order valence-corrected chi connectivity index (χ2v) is 4.30. The highest BCUT2D eigenvalue weighted by atomic mass is 16.7. The summed E-state index contributed by atoms with van der Waals surface area (Å²) in [7, 11) is 1.54. The molecule has 1 aliphatic rings. The van der Waals surface area contributed by atoms with E-state index < -0.39 is 6.04 Å². The summed E-state index contributed by atoms with van der Waals surface area (Å²) in [6.45, 7) is 1.90. The van der Waals surface area contributed by atoms with E-state index in [4.69, 9.17) is 4.84 Å². The highest BCUT2D eigenvalue weighted by Gasteiger charge is 2.40. The molecule has 2 atom stereocenters. The lowest BCUT2D eigenvalue weighted by Gasteiger charge is -2.36. The highest BCUT2D eigenvalue weighted by molar-refractivity contribution is 5.23. The fourth-order valence-electron chi connectivity index (χ4n) is 2.35. The monoisotopic (exact) mass is 248 g/mol. The summed E-state index contributed by atoms with van der Waals surface area (Å²) in [6.07, 6.45) is 2.27. The Morgan fingerprint density at radius 1 is 1.39 bits per heavy atom. The van der Waals surface area contributed by atoms with Gasteiger partial charge in [-0.05, 0) is 12.5 Å². The van der Waals surface area contributed by atoms with E-state index >= 15 is 0 Å². The molecule has 0 spiro atoms. The van der Waals surface area contributed by atoms with Crippen LogP contribution in [0.5, 0.6) is 0 Å². The van der Waals surface area contributed by atoms with Crippen LogP contribution in [0.3, 0.4) is 0 Å². The third kappa shape index (κ3) is 2.22. The van der Waals surface area contributed by atoms with Gasteiger partial charge in [-0.15, -0.1) is 0 Å². The van der Waals surface area contributed by atoms with Gasteiger partial charge in [0.25, 0.3) is 0 Å². The summed E-state index contributed by atoms with van der Waals surface area (Å²) in [5.41, 5.74) is 1.80. The number of allylic oxidation sites excluding steroid dienone is 1. The third-order valence-electron chi connectivity index (χ3n) is 3.23. The minimum Gasteiger partial charge on any atom is -0.276 e. The molecule has 0 bridgehead atoms. The first-order valence-corrected chi connectivity index (χ1v) is 5.83.